The molecule has 1 N–H and O–H groups in total. The molecule has 3 fully saturated rings. The summed E-state index contributed by atoms with van der Waals surface area (Å²) >= 11 is 0. The molecule has 1 aliphatic heterocycles. The summed E-state index contributed by atoms with van der Waals surface area (Å²) < 4.78 is 5.85. The fraction of sp³-hybridized carbons (Fsp3) is 0.933. The molecule has 102 valence electrons. The van der Waals surface area contributed by atoms with Crippen molar-refractivity contribution in [2.45, 2.75) is 59.1 Å². The smallest absolute Gasteiger partial charge is 0.217 e. The van der Waals surface area contributed by atoms with Crippen LogP contribution in [0, 0.1) is 22.7 Å². The summed E-state index contributed by atoms with van der Waals surface area (Å²) in [6.45, 7) is 9.39. The Hall–Kier alpha value is -0.570. The zero-order valence-corrected chi connectivity index (χ0v) is 12.0. The predicted molar refractivity (Wildman–Crippen MR) is 70.1 cm³/mol. The first kappa shape index (κ1) is 12.5. The van der Waals surface area contributed by atoms with Crippen LogP contribution < -0.4 is 5.32 Å². The second kappa shape index (κ2) is 3.72. The summed E-state index contributed by atoms with van der Waals surface area (Å²) in [5.74, 6) is 1.50. The zero-order chi connectivity index (χ0) is 13.1. The Bertz CT molecular complexity index is 379. The van der Waals surface area contributed by atoms with Crippen LogP contribution in [0.1, 0.15) is 47.0 Å². The number of hydrogen-bond acceptors (Lipinski definition) is 2. The summed E-state index contributed by atoms with van der Waals surface area (Å²) in [4.78, 5) is 11.6. The van der Waals surface area contributed by atoms with E-state index in [1.165, 1.54) is 12.8 Å². The molecule has 3 rings (SSSR count). The average Bonchev–Trinajstić information content (AvgIpc) is 2.74. The van der Waals surface area contributed by atoms with Crippen LogP contribution in [0.5, 0.6) is 0 Å². The molecular weight excluding hydrogens is 226 g/mol. The van der Waals surface area contributed by atoms with Crippen molar-refractivity contribution in [2.24, 2.45) is 22.7 Å². The van der Waals surface area contributed by atoms with E-state index < -0.39 is 0 Å². The van der Waals surface area contributed by atoms with Crippen LogP contribution >= 0.6 is 0 Å². The van der Waals surface area contributed by atoms with Crippen molar-refractivity contribution in [3.63, 3.8) is 0 Å². The van der Waals surface area contributed by atoms with E-state index in [0.717, 1.165) is 18.9 Å². The third-order valence-corrected chi connectivity index (χ3v) is 6.14. The maximum Gasteiger partial charge on any atom is 0.217 e. The highest BCUT2D eigenvalue weighted by molar-refractivity contribution is 5.73. The molecule has 0 radical (unpaired) electrons. The first-order valence-corrected chi connectivity index (χ1v) is 7.26. The van der Waals surface area contributed by atoms with Gasteiger partial charge in [-0.3, -0.25) is 4.79 Å². The molecule has 1 spiro atoms. The SMILES string of the molecule is CC(=O)N[C@@H]1C(C)(C)[C@@H]2C[C@@H]3[C@@H](C)OCCC31C2. The second-order valence-corrected chi connectivity index (χ2v) is 7.26. The van der Waals surface area contributed by atoms with Gasteiger partial charge in [-0.05, 0) is 48.9 Å². The molecule has 0 aromatic heterocycles. The van der Waals surface area contributed by atoms with E-state index in [2.05, 4.69) is 26.1 Å². The zero-order valence-electron chi connectivity index (χ0n) is 12.0. The Kier molecular flexibility index (Phi) is 2.58. The lowest BCUT2D eigenvalue weighted by Gasteiger charge is -2.52. The third kappa shape index (κ3) is 1.43. The molecule has 3 nitrogen and oxygen atoms in total. The van der Waals surface area contributed by atoms with Crippen LogP contribution in [0.2, 0.25) is 0 Å². The lowest BCUT2D eigenvalue weighted by molar-refractivity contribution is -0.132. The molecule has 18 heavy (non-hydrogen) atoms. The molecule has 2 saturated carbocycles. The average molecular weight is 251 g/mol. The number of rotatable bonds is 1. The van der Waals surface area contributed by atoms with Crippen molar-refractivity contribution in [1.29, 1.82) is 0 Å². The van der Waals surface area contributed by atoms with Crippen LogP contribution in [0.25, 0.3) is 0 Å². The Morgan fingerprint density at radius 1 is 1.39 bits per heavy atom. The van der Waals surface area contributed by atoms with Gasteiger partial charge in [0.2, 0.25) is 5.91 Å². The Labute approximate surface area is 110 Å². The summed E-state index contributed by atoms with van der Waals surface area (Å²) in [6.07, 6.45) is 4.04. The minimum absolute atomic E-state index is 0.118. The molecule has 5 atom stereocenters. The predicted octanol–water partition coefficient (Wildman–Crippen LogP) is 2.35. The molecule has 0 aromatic carbocycles. The number of amides is 1. The fourth-order valence-corrected chi connectivity index (χ4v) is 5.28. The summed E-state index contributed by atoms with van der Waals surface area (Å²) in [5.41, 5.74) is 0.538. The summed E-state index contributed by atoms with van der Waals surface area (Å²) in [7, 11) is 0. The highest BCUT2D eigenvalue weighted by Crippen LogP contribution is 2.68. The highest BCUT2D eigenvalue weighted by Gasteiger charge is 2.67. The van der Waals surface area contributed by atoms with Gasteiger partial charge in [-0.2, -0.15) is 0 Å². The lowest BCUT2D eigenvalue weighted by Crippen LogP contribution is -2.59. The molecule has 0 aromatic rings. The number of carbonyl (C=O) groups is 1. The molecule has 1 saturated heterocycles. The van der Waals surface area contributed by atoms with Crippen LogP contribution in [-0.4, -0.2) is 24.7 Å². The van der Waals surface area contributed by atoms with Crippen molar-refractivity contribution in [2.75, 3.05) is 6.61 Å². The van der Waals surface area contributed by atoms with E-state index in [1.54, 1.807) is 6.92 Å². The largest absolute Gasteiger partial charge is 0.378 e. The maximum atomic E-state index is 11.6. The van der Waals surface area contributed by atoms with Crippen molar-refractivity contribution < 1.29 is 9.53 Å². The fourth-order valence-electron chi connectivity index (χ4n) is 5.28. The van der Waals surface area contributed by atoms with Crippen molar-refractivity contribution in [3.05, 3.63) is 0 Å². The van der Waals surface area contributed by atoms with Gasteiger partial charge in [-0.15, -0.1) is 0 Å². The normalized spacial score (nSPS) is 48.9. The Morgan fingerprint density at radius 2 is 2.11 bits per heavy atom. The van der Waals surface area contributed by atoms with Gasteiger partial charge in [0.1, 0.15) is 0 Å². The number of fused-ring (bicyclic) bond motifs is 1. The van der Waals surface area contributed by atoms with Crippen LogP contribution in [0.15, 0.2) is 0 Å². The monoisotopic (exact) mass is 251 g/mol. The molecular formula is C15H25NO2. The first-order chi connectivity index (χ1) is 8.38. The molecule has 1 amide bonds. The van der Waals surface area contributed by atoms with E-state index in [1.807, 2.05) is 0 Å². The van der Waals surface area contributed by atoms with E-state index in [4.69, 9.17) is 4.74 Å². The molecule has 3 aliphatic rings. The van der Waals surface area contributed by atoms with Gasteiger partial charge in [-0.25, -0.2) is 0 Å². The quantitative estimate of drug-likeness (QED) is 0.777. The van der Waals surface area contributed by atoms with Crippen LogP contribution in [0.4, 0.5) is 0 Å². The van der Waals surface area contributed by atoms with Gasteiger partial charge in [0, 0.05) is 19.6 Å². The van der Waals surface area contributed by atoms with Crippen molar-refractivity contribution in [3.8, 4) is 0 Å². The molecule has 2 bridgehead atoms. The van der Waals surface area contributed by atoms with Gasteiger partial charge < -0.3 is 10.1 Å². The summed E-state index contributed by atoms with van der Waals surface area (Å²) in [6, 6.07) is 0.331. The highest BCUT2D eigenvalue weighted by atomic mass is 16.5. The van der Waals surface area contributed by atoms with E-state index in [9.17, 15) is 4.79 Å². The Balaban J connectivity index is 1.97. The van der Waals surface area contributed by atoms with Gasteiger partial charge in [0.25, 0.3) is 0 Å². The molecule has 2 aliphatic carbocycles. The molecule has 1 heterocycles. The third-order valence-electron chi connectivity index (χ3n) is 6.14. The molecule has 1 unspecified atom stereocenters. The van der Waals surface area contributed by atoms with Crippen LogP contribution in [-0.2, 0) is 9.53 Å². The van der Waals surface area contributed by atoms with E-state index in [-0.39, 0.29) is 11.3 Å². The van der Waals surface area contributed by atoms with Crippen LogP contribution in [0.3, 0.4) is 0 Å². The van der Waals surface area contributed by atoms with E-state index >= 15 is 0 Å². The first-order valence-electron chi connectivity index (χ1n) is 7.26. The Morgan fingerprint density at radius 3 is 2.78 bits per heavy atom. The number of carbonyl (C=O) groups excluding carboxylic acids is 1. The number of hydrogen-bond donors (Lipinski definition) is 1. The number of ether oxygens (including phenoxy) is 1. The van der Waals surface area contributed by atoms with Crippen molar-refractivity contribution >= 4 is 5.91 Å². The molecule has 3 heteroatoms. The number of nitrogens with one attached hydrogen (secondary N) is 1. The van der Waals surface area contributed by atoms with E-state index in [0.29, 0.717) is 23.5 Å². The minimum atomic E-state index is 0.118. The lowest BCUT2D eigenvalue weighted by atomic mass is 9.59. The maximum absolute atomic E-state index is 11.6. The van der Waals surface area contributed by atoms with Gasteiger partial charge >= 0.3 is 0 Å². The summed E-state index contributed by atoms with van der Waals surface area (Å²) in [5, 5.41) is 3.28. The second-order valence-electron chi connectivity index (χ2n) is 7.26. The van der Waals surface area contributed by atoms with Gasteiger partial charge in [0.05, 0.1) is 6.10 Å². The topological polar surface area (TPSA) is 38.3 Å². The minimum Gasteiger partial charge on any atom is -0.378 e. The van der Waals surface area contributed by atoms with Gasteiger partial charge in [-0.1, -0.05) is 13.8 Å². The van der Waals surface area contributed by atoms with Crippen molar-refractivity contribution in [1.82, 2.24) is 5.32 Å². The standard InChI is InChI=1S/C15H25NO2/c1-9-12-7-11-8-15(12,5-6-18-9)13(14(11,3)4)16-10(2)17/h9,11-13H,5-8H2,1-4H3,(H,16,17)/t9-,11-,12-,13-,15?/m1/s1. The van der Waals surface area contributed by atoms with Gasteiger partial charge in [0.15, 0.2) is 0 Å².